The minimum atomic E-state index is -4.80. The van der Waals surface area contributed by atoms with Crippen LogP contribution in [0.25, 0.3) is 10.2 Å². The normalized spacial score (nSPS) is 32.9. The average Bonchev–Trinajstić information content (AvgIpc) is 3.49. The van der Waals surface area contributed by atoms with Crippen molar-refractivity contribution in [2.24, 2.45) is 11.8 Å². The summed E-state index contributed by atoms with van der Waals surface area (Å²) in [5.41, 5.74) is 0.987. The van der Waals surface area contributed by atoms with Crippen LogP contribution in [0.2, 0.25) is 5.28 Å². The minimum absolute atomic E-state index is 0.0517. The Bertz CT molecular complexity index is 1200. The van der Waals surface area contributed by atoms with E-state index in [2.05, 4.69) is 14.9 Å². The number of aromatic nitrogens is 2. The number of ether oxygens (including phenoxy) is 1. The van der Waals surface area contributed by atoms with Crippen molar-refractivity contribution in [1.29, 1.82) is 0 Å². The van der Waals surface area contributed by atoms with Gasteiger partial charge >= 0.3 is 15.2 Å². The Morgan fingerprint density at radius 2 is 1.83 bits per heavy atom. The van der Waals surface area contributed by atoms with Gasteiger partial charge in [-0.3, -0.25) is 9.13 Å². The second-order valence-electron chi connectivity index (χ2n) is 9.36. The Kier molecular flexibility index (Phi) is 7.09. The first kappa shape index (κ1) is 25.9. The monoisotopic (exact) mass is 569 g/mol. The second kappa shape index (κ2) is 9.56. The van der Waals surface area contributed by atoms with Crippen LogP contribution in [0.15, 0.2) is 5.38 Å². The molecule has 0 amide bonds. The van der Waals surface area contributed by atoms with Crippen LogP contribution in [0.3, 0.4) is 0 Å². The summed E-state index contributed by atoms with van der Waals surface area (Å²) in [5.74, 6) is 0.655. The maximum Gasteiger partial charge on any atom is 0.340 e. The molecule has 2 aromatic rings. The van der Waals surface area contributed by atoms with Crippen molar-refractivity contribution in [3.05, 3.63) is 16.2 Å². The third-order valence-corrected chi connectivity index (χ3v) is 11.5. The largest absolute Gasteiger partial charge is 0.387 e. The average molecular weight is 570 g/mol. The molecule has 1 aliphatic carbocycles. The number of hydrogen-bond donors (Lipinski definition) is 5. The predicted octanol–water partition coefficient (Wildman–Crippen LogP) is 2.08. The van der Waals surface area contributed by atoms with Crippen molar-refractivity contribution in [2.45, 2.75) is 43.7 Å². The summed E-state index contributed by atoms with van der Waals surface area (Å²) in [4.78, 5) is 38.6. The van der Waals surface area contributed by atoms with E-state index in [1.54, 1.807) is 5.38 Å². The van der Waals surface area contributed by atoms with Gasteiger partial charge in [-0.15, -0.1) is 11.3 Å². The molecule has 2 aliphatic heterocycles. The quantitative estimate of drug-likeness (QED) is 0.242. The Balaban J connectivity index is 1.36. The van der Waals surface area contributed by atoms with Gasteiger partial charge in [0, 0.05) is 18.7 Å². The highest BCUT2D eigenvalue weighted by molar-refractivity contribution is 7.70. The summed E-state index contributed by atoms with van der Waals surface area (Å²) in [6.07, 6.45) is -1.44. The van der Waals surface area contributed by atoms with Crippen LogP contribution in [0.1, 0.15) is 30.9 Å². The Hall–Kier alpha value is -0.690. The minimum Gasteiger partial charge on any atom is -0.387 e. The van der Waals surface area contributed by atoms with Crippen molar-refractivity contribution in [3.8, 4) is 0 Å². The molecule has 7 atom stereocenters. The Morgan fingerprint density at radius 3 is 2.49 bits per heavy atom. The number of thiophene rings is 1. The maximum atomic E-state index is 11.9. The smallest absolute Gasteiger partial charge is 0.340 e. The zero-order chi connectivity index (χ0) is 25.1. The molecular weight excluding hydrogens is 544 g/mol. The van der Waals surface area contributed by atoms with Crippen LogP contribution in [0.4, 0.5) is 5.82 Å². The molecule has 16 heteroatoms. The molecule has 0 aromatic carbocycles. The van der Waals surface area contributed by atoms with Crippen LogP contribution in [-0.4, -0.2) is 78.8 Å². The molecule has 3 aliphatic rings. The molecular formula is C19H26ClN3O9P2S. The molecule has 0 bridgehead atoms. The number of halogens is 1. The van der Waals surface area contributed by atoms with Gasteiger partial charge in [0.1, 0.15) is 24.4 Å². The van der Waals surface area contributed by atoms with E-state index in [0.717, 1.165) is 23.6 Å². The third kappa shape index (κ3) is 5.32. The van der Waals surface area contributed by atoms with Gasteiger partial charge in [0.25, 0.3) is 0 Å². The van der Waals surface area contributed by atoms with Gasteiger partial charge in [0.05, 0.1) is 16.8 Å². The van der Waals surface area contributed by atoms with Crippen LogP contribution in [0.5, 0.6) is 0 Å². The highest BCUT2D eigenvalue weighted by Gasteiger charge is 2.46. The van der Waals surface area contributed by atoms with E-state index >= 15 is 0 Å². The number of hydrogen-bond acceptors (Lipinski definition) is 10. The Labute approximate surface area is 209 Å². The van der Waals surface area contributed by atoms with E-state index in [4.69, 9.17) is 30.6 Å². The van der Waals surface area contributed by atoms with Gasteiger partial charge in [-0.2, -0.15) is 4.98 Å². The number of fused-ring (bicyclic) bond motifs is 2. The van der Waals surface area contributed by atoms with Crippen LogP contribution in [-0.2, 0) is 18.4 Å². The zero-order valence-corrected chi connectivity index (χ0v) is 21.7. The summed E-state index contributed by atoms with van der Waals surface area (Å²) in [6, 6.07) is 0. The maximum absolute atomic E-state index is 11.9. The lowest BCUT2D eigenvalue weighted by Gasteiger charge is -2.19. The van der Waals surface area contributed by atoms with Crippen molar-refractivity contribution >= 4 is 54.2 Å². The van der Waals surface area contributed by atoms with E-state index in [-0.39, 0.29) is 5.28 Å². The molecule has 5 unspecified atom stereocenters. The molecule has 35 heavy (non-hydrogen) atoms. The highest BCUT2D eigenvalue weighted by Crippen LogP contribution is 2.55. The molecule has 0 radical (unpaired) electrons. The summed E-state index contributed by atoms with van der Waals surface area (Å²) in [5, 5.41) is 22.9. The van der Waals surface area contributed by atoms with Crippen molar-refractivity contribution in [2.75, 3.05) is 30.5 Å². The van der Waals surface area contributed by atoms with E-state index in [1.165, 1.54) is 30.6 Å². The summed E-state index contributed by atoms with van der Waals surface area (Å²) < 4.78 is 34.3. The molecule has 5 N–H and O–H groups in total. The van der Waals surface area contributed by atoms with Gasteiger partial charge in [0.15, 0.2) is 11.7 Å². The highest BCUT2D eigenvalue weighted by atomic mass is 35.5. The van der Waals surface area contributed by atoms with Crippen LogP contribution >= 0.6 is 38.1 Å². The number of rotatable bonds is 7. The van der Waals surface area contributed by atoms with Gasteiger partial charge in [0.2, 0.25) is 5.28 Å². The van der Waals surface area contributed by atoms with E-state index in [9.17, 15) is 24.2 Å². The van der Waals surface area contributed by atoms with E-state index in [0.29, 0.717) is 22.9 Å². The zero-order valence-electron chi connectivity index (χ0n) is 18.4. The van der Waals surface area contributed by atoms with Crippen LogP contribution < -0.4 is 4.90 Å². The summed E-state index contributed by atoms with van der Waals surface area (Å²) in [6.45, 7) is 1.15. The fourth-order valence-electron chi connectivity index (χ4n) is 5.33. The van der Waals surface area contributed by atoms with Crippen LogP contribution in [0, 0.1) is 11.8 Å². The van der Waals surface area contributed by atoms with E-state index < -0.39 is 52.1 Å². The van der Waals surface area contributed by atoms with Crippen molar-refractivity contribution < 1.29 is 43.3 Å². The van der Waals surface area contributed by atoms with Crippen molar-refractivity contribution in [1.82, 2.24) is 9.97 Å². The fraction of sp³-hybridized carbons (Fsp3) is 0.684. The Morgan fingerprint density at radius 1 is 1.14 bits per heavy atom. The molecule has 0 spiro atoms. The van der Waals surface area contributed by atoms with Gasteiger partial charge in [-0.05, 0) is 41.7 Å². The lowest BCUT2D eigenvalue weighted by Crippen LogP contribution is -2.33. The van der Waals surface area contributed by atoms with Gasteiger partial charge in [-0.25, -0.2) is 4.98 Å². The third-order valence-electron chi connectivity index (χ3n) is 6.90. The van der Waals surface area contributed by atoms with E-state index in [1.807, 2.05) is 0 Å². The fourth-order valence-corrected chi connectivity index (χ4v) is 9.10. The molecule has 2 aromatic heterocycles. The number of anilines is 1. The molecule has 194 valence electrons. The van der Waals surface area contributed by atoms with Gasteiger partial charge in [-0.1, -0.05) is 6.42 Å². The lowest BCUT2D eigenvalue weighted by molar-refractivity contribution is -0.0181. The molecule has 2 saturated heterocycles. The predicted molar refractivity (Wildman–Crippen MR) is 128 cm³/mol. The number of aliphatic hydroxyl groups excluding tert-OH is 2. The molecule has 12 nitrogen and oxygen atoms in total. The topological polar surface area (TPSA) is 183 Å². The molecule has 5 rings (SSSR count). The number of aliphatic hydroxyl groups is 2. The molecule has 1 saturated carbocycles. The van der Waals surface area contributed by atoms with Crippen molar-refractivity contribution in [3.63, 3.8) is 0 Å². The first-order valence-electron chi connectivity index (χ1n) is 11.1. The molecule has 3 fully saturated rings. The first-order valence-corrected chi connectivity index (χ1v) is 16.0. The summed E-state index contributed by atoms with van der Waals surface area (Å²) in [7, 11) is -9.44. The first-order chi connectivity index (χ1) is 16.4. The summed E-state index contributed by atoms with van der Waals surface area (Å²) >= 11 is 7.64. The van der Waals surface area contributed by atoms with Gasteiger partial charge < -0.3 is 39.1 Å². The standard InChI is InChI=1S/C19H26ClN3O9P2S/c20-19-21-13-11(7-35-17(13)18(22-19)23-4-9-2-1-3-10(9)5-23)16-15(25)14(24)12(32-16)6-31-34(29,30)8-33(26,27)28/h7,9-10,12,14-16,24-25H,1-6,8H2,(H,29,30)(H2,26,27,28)/t9?,10?,12-,14?,15?,16+/m1/s1. The second-order valence-corrected chi connectivity index (χ2v) is 14.6. The number of nitrogens with zero attached hydrogens (tertiary/aromatic N) is 3. The SMILES string of the molecule is O=P(O)(O)CP(=O)(O)OC[C@H]1O[C@@H](c2csc3c(N4CC5CCCC5C4)nc(Cl)nc23)C(O)C1O. The lowest BCUT2D eigenvalue weighted by atomic mass is 10.0. The molecule has 4 heterocycles.